The molecular formula is C122H118N10O14. The first-order chi connectivity index (χ1) is 70.1. The zero-order chi connectivity index (χ0) is 102. The fourth-order valence-corrected chi connectivity index (χ4v) is 19.5. The Hall–Kier alpha value is -16.5. The number of unbranched alkanes of at least 4 members (excludes halogenated alkanes) is 10. The summed E-state index contributed by atoms with van der Waals surface area (Å²) in [4.78, 5) is 104. The molecule has 0 aliphatic carbocycles. The van der Waals surface area contributed by atoms with E-state index in [0.29, 0.717) is 174 Å². The molecule has 0 atom stereocenters. The SMILES string of the molecule is CC(C)(C)c1ccc(Oc2cc3c4c(cc(Oc5ccc(C(C)(C)C)cc5)c5c6c(Oc7ccc(C(C)(C)C)cc7)cc7c8c(cc(Oc9ccc(C(C)(C)C)cc9)c(c2c45)c86)C(=O)N(CCCCCCCCNC(=O)c2ccc(-n4nc(-c5ccccc5O)nc4-c4ccccc4O)cc2)C7=O)C(=O)N(CCCCCCCCNC(=O)c2ccc(-n4nc(-c5ccccc5O)nc4-c4ccccc4O)cc2)C3=O)cc1. The Morgan fingerprint density at radius 2 is 0.527 bits per heavy atom. The van der Waals surface area contributed by atoms with Gasteiger partial charge < -0.3 is 50.0 Å². The minimum absolute atomic E-state index is 0.00212. The van der Waals surface area contributed by atoms with Crippen LogP contribution >= 0.6 is 0 Å². The van der Waals surface area contributed by atoms with E-state index in [-0.39, 0.29) is 126 Å². The maximum absolute atomic E-state index is 16.2. The summed E-state index contributed by atoms with van der Waals surface area (Å²) in [6.45, 7) is 26.6. The summed E-state index contributed by atoms with van der Waals surface area (Å²) in [5.74, 6) is 1.16. The highest BCUT2D eigenvalue weighted by atomic mass is 16.5. The van der Waals surface area contributed by atoms with Crippen LogP contribution in [0.5, 0.6) is 69.0 Å². The van der Waals surface area contributed by atoms with E-state index in [4.69, 9.17) is 39.1 Å². The Kier molecular flexibility index (Phi) is 27.2. The lowest BCUT2D eigenvalue weighted by Crippen LogP contribution is -2.41. The van der Waals surface area contributed by atoms with Crippen LogP contribution in [0.15, 0.2) is 267 Å². The fraction of sp³-hybridized carbons (Fsp3) is 0.262. The van der Waals surface area contributed by atoms with Gasteiger partial charge in [0.2, 0.25) is 0 Å². The van der Waals surface area contributed by atoms with E-state index in [1.165, 1.54) is 9.80 Å². The van der Waals surface area contributed by atoms with Crippen molar-refractivity contribution in [3.8, 4) is 126 Å². The van der Waals surface area contributed by atoms with Crippen molar-refractivity contribution in [1.29, 1.82) is 0 Å². The first-order valence-electron chi connectivity index (χ1n) is 50.2. The van der Waals surface area contributed by atoms with Crippen molar-refractivity contribution in [3.63, 3.8) is 0 Å². The number of phenols is 4. The van der Waals surface area contributed by atoms with Gasteiger partial charge in [0.15, 0.2) is 23.3 Å². The second-order valence-corrected chi connectivity index (χ2v) is 42.0. The maximum Gasteiger partial charge on any atom is 0.261 e. The molecule has 740 valence electrons. The van der Waals surface area contributed by atoms with E-state index in [0.717, 1.165) is 60.8 Å². The number of hydrogen-bond donors (Lipinski definition) is 6. The highest BCUT2D eigenvalue weighted by Crippen LogP contribution is 2.59. The van der Waals surface area contributed by atoms with Crippen LogP contribution in [0.25, 0.3) is 100 Å². The van der Waals surface area contributed by atoms with Gasteiger partial charge >= 0.3 is 0 Å². The zero-order valence-electron chi connectivity index (χ0n) is 84.2. The number of imide groups is 2. The molecule has 6 N–H and O–H groups in total. The molecule has 0 unspecified atom stereocenters. The Labute approximate surface area is 848 Å². The molecule has 24 heteroatoms. The first-order valence-corrected chi connectivity index (χ1v) is 50.2. The molecule has 0 saturated heterocycles. The second kappa shape index (κ2) is 40.4. The molecule has 24 nitrogen and oxygen atoms in total. The van der Waals surface area contributed by atoms with Gasteiger partial charge in [0, 0.05) is 80.4 Å². The van der Waals surface area contributed by atoms with E-state index in [1.807, 2.05) is 97.1 Å². The Morgan fingerprint density at radius 1 is 0.281 bits per heavy atom. The number of aromatic nitrogens is 6. The van der Waals surface area contributed by atoms with Gasteiger partial charge in [0.25, 0.3) is 35.4 Å². The first kappa shape index (κ1) is 98.3. The van der Waals surface area contributed by atoms with Crippen molar-refractivity contribution in [2.24, 2.45) is 0 Å². The van der Waals surface area contributed by atoms with Crippen molar-refractivity contribution in [2.45, 2.75) is 182 Å². The highest BCUT2D eigenvalue weighted by Gasteiger charge is 2.43. The van der Waals surface area contributed by atoms with Crippen LogP contribution < -0.4 is 29.6 Å². The summed E-state index contributed by atoms with van der Waals surface area (Å²) in [5, 5.41) is 62.0. The van der Waals surface area contributed by atoms with Crippen molar-refractivity contribution in [3.05, 3.63) is 323 Å². The van der Waals surface area contributed by atoms with Crippen LogP contribution in [0, 0.1) is 0 Å². The van der Waals surface area contributed by atoms with E-state index in [9.17, 15) is 30.0 Å². The quantitative estimate of drug-likeness (QED) is 0.00945. The molecule has 0 fully saturated rings. The fourth-order valence-electron chi connectivity index (χ4n) is 19.5. The number of nitrogens with one attached hydrogen (secondary N) is 2. The Bertz CT molecular complexity index is 7170. The minimum atomic E-state index is -0.533. The number of fused-ring (bicyclic) bond motifs is 2. The van der Waals surface area contributed by atoms with Crippen molar-refractivity contribution < 1.29 is 68.1 Å². The zero-order valence-corrected chi connectivity index (χ0v) is 84.2. The molecule has 17 aromatic rings. The van der Waals surface area contributed by atoms with E-state index < -0.39 is 23.6 Å². The third-order valence-corrected chi connectivity index (χ3v) is 27.6. The summed E-state index contributed by atoms with van der Waals surface area (Å²) in [6, 6.07) is 79.3. The van der Waals surface area contributed by atoms with Gasteiger partial charge in [-0.25, -0.2) is 19.3 Å². The molecule has 19 rings (SSSR count). The molecular weight excluding hydrogens is 1830 g/mol. The normalized spacial score (nSPS) is 12.9. The smallest absolute Gasteiger partial charge is 0.261 e. The summed E-state index contributed by atoms with van der Waals surface area (Å²) < 4.78 is 32.8. The average molecular weight is 1950 g/mol. The van der Waals surface area contributed by atoms with Gasteiger partial charge in [-0.15, -0.1) is 10.2 Å². The molecule has 6 amide bonds. The van der Waals surface area contributed by atoms with Gasteiger partial charge in [-0.2, -0.15) is 0 Å². The molecule has 15 aromatic carbocycles. The number of rotatable bonds is 34. The summed E-state index contributed by atoms with van der Waals surface area (Å²) in [6.07, 6.45) is 8.49. The number of para-hydroxylation sites is 4. The lowest BCUT2D eigenvalue weighted by Gasteiger charge is -2.32. The minimum Gasteiger partial charge on any atom is -0.507 e. The highest BCUT2D eigenvalue weighted by molar-refractivity contribution is 6.45. The molecule has 4 heterocycles. The number of carbonyl (C=O) groups excluding carboxylic acids is 6. The number of nitrogens with zero attached hydrogens (tertiary/aromatic N) is 8. The van der Waals surface area contributed by atoms with Crippen LogP contribution in [-0.4, -0.2) is 121 Å². The van der Waals surface area contributed by atoms with E-state index >= 15 is 19.2 Å². The lowest BCUT2D eigenvalue weighted by atomic mass is 9.80. The van der Waals surface area contributed by atoms with Crippen LogP contribution in [-0.2, 0) is 21.7 Å². The lowest BCUT2D eigenvalue weighted by molar-refractivity contribution is 0.0592. The van der Waals surface area contributed by atoms with Gasteiger partial charge in [0.05, 0.1) is 55.9 Å². The summed E-state index contributed by atoms with van der Waals surface area (Å²) in [5.41, 5.74) is 7.74. The molecule has 146 heavy (non-hydrogen) atoms. The largest absolute Gasteiger partial charge is 0.507 e. The molecule has 0 bridgehead atoms. The van der Waals surface area contributed by atoms with E-state index in [1.54, 1.807) is 179 Å². The van der Waals surface area contributed by atoms with Crippen molar-refractivity contribution in [1.82, 2.24) is 50.0 Å². The van der Waals surface area contributed by atoms with E-state index in [2.05, 4.69) is 93.7 Å². The average Bonchev–Trinajstić information content (AvgIpc) is 1.01. The third-order valence-electron chi connectivity index (χ3n) is 27.6. The maximum atomic E-state index is 16.2. The van der Waals surface area contributed by atoms with Crippen LogP contribution in [0.3, 0.4) is 0 Å². The van der Waals surface area contributed by atoms with Crippen molar-refractivity contribution in [2.75, 3.05) is 26.2 Å². The second-order valence-electron chi connectivity index (χ2n) is 42.0. The number of phenolic OH excluding ortho intramolecular Hbond substituents is 4. The molecule has 0 spiro atoms. The predicted octanol–water partition coefficient (Wildman–Crippen LogP) is 27.5. The third kappa shape index (κ3) is 20.0. The molecule has 0 radical (unpaired) electrons. The number of benzene rings is 15. The van der Waals surface area contributed by atoms with Gasteiger partial charge in [-0.1, -0.05) is 232 Å². The number of hydrogen-bond acceptors (Lipinski definition) is 18. The van der Waals surface area contributed by atoms with Gasteiger partial charge in [-0.05, 0) is 239 Å². The standard InChI is InChI=1S/C122H118N10O14/c1-119(2,3)75-45-57-81(58-46-75)143-97-69-89-101-90(116(140)129(115(89)139)67-31-19-15-13-17-29-65-123-113(137)73-41-53-79(54-42-73)131-111(87-35-23-27-39-95(87)135)125-109(127-131)85-33-21-25-37-93(85)133)71-99(145-83-61-49-77(50-62-83)121(7,8)9)105-106-100(146-84-63-51-78(52-64-84)122(10,11)12)72-92-102-91(70-98(104(108(102)106)103(97)107(101)105)144-82-59-47-76(48-60-82)120(4,5)6)117(141)130(118(92)142)68-32-20-16-14-18-30-66-124-114(138)74-43-55-80(56-44-74)132-112(88-36-24-28-40-96(88)136)126-110(128-132)86-34-22-26-38-94(86)134/h21-28,33-64,69-72,133-136H,13-20,29-32,65-68H2,1-12H3,(H,123,137)(H,124,138). The summed E-state index contributed by atoms with van der Waals surface area (Å²) >= 11 is 0. The Balaban J connectivity index is 0.625. The molecule has 2 aliphatic rings. The number of amides is 6. The number of aromatic hydroxyl groups is 4. The van der Waals surface area contributed by atoms with Crippen molar-refractivity contribution >= 4 is 78.5 Å². The van der Waals surface area contributed by atoms with Crippen LogP contribution in [0.2, 0.25) is 0 Å². The monoisotopic (exact) mass is 1950 g/mol. The molecule has 0 saturated carbocycles. The molecule has 2 aromatic heterocycles. The number of ether oxygens (including phenoxy) is 4. The van der Waals surface area contributed by atoms with Crippen LogP contribution in [0.4, 0.5) is 0 Å². The number of carbonyl (C=O) groups is 6. The Morgan fingerprint density at radius 3 is 0.788 bits per heavy atom. The van der Waals surface area contributed by atoms with Gasteiger partial charge in [-0.3, -0.25) is 38.6 Å². The summed E-state index contributed by atoms with van der Waals surface area (Å²) in [7, 11) is 0. The molecule has 2 aliphatic heterocycles. The van der Waals surface area contributed by atoms with Gasteiger partial charge in [0.1, 0.15) is 69.0 Å². The topological polar surface area (TPSA) is 312 Å². The predicted molar refractivity (Wildman–Crippen MR) is 570 cm³/mol. The van der Waals surface area contributed by atoms with Crippen LogP contribution in [0.1, 0.15) is 245 Å².